The molecule has 0 bridgehead atoms. The van der Waals surface area contributed by atoms with Crippen LogP contribution in [0.15, 0.2) is 35.5 Å². The molecule has 0 aliphatic carbocycles. The van der Waals surface area contributed by atoms with Crippen LogP contribution in [0.2, 0.25) is 0 Å². The molecule has 0 radical (unpaired) electrons. The van der Waals surface area contributed by atoms with Crippen LogP contribution in [0.3, 0.4) is 0 Å². The van der Waals surface area contributed by atoms with Crippen LogP contribution in [-0.4, -0.2) is 58.6 Å². The fourth-order valence-corrected chi connectivity index (χ4v) is 3.92. The maximum atomic E-state index is 12.8. The number of nitrogens with zero attached hydrogens (tertiary/aromatic N) is 3. The summed E-state index contributed by atoms with van der Waals surface area (Å²) in [5, 5.41) is 3.99. The highest BCUT2D eigenvalue weighted by atomic mass is 32.2. The third-order valence-electron chi connectivity index (χ3n) is 4.37. The number of hydrogen-bond acceptors (Lipinski definition) is 5. The monoisotopic (exact) mass is 347 g/mol. The molecule has 2 amide bonds. The molecule has 0 saturated carbocycles. The van der Waals surface area contributed by atoms with Crippen molar-refractivity contribution in [2.45, 2.75) is 25.5 Å². The molecule has 0 spiro atoms. The number of oxime groups is 1. The summed E-state index contributed by atoms with van der Waals surface area (Å²) in [4.78, 5) is 33.9. The quantitative estimate of drug-likeness (QED) is 0.834. The van der Waals surface area contributed by atoms with E-state index < -0.39 is 6.04 Å². The molecule has 1 saturated heterocycles. The van der Waals surface area contributed by atoms with Crippen LogP contribution >= 0.6 is 11.8 Å². The highest BCUT2D eigenvalue weighted by Crippen LogP contribution is 2.29. The van der Waals surface area contributed by atoms with Crippen molar-refractivity contribution in [3.63, 3.8) is 0 Å². The summed E-state index contributed by atoms with van der Waals surface area (Å²) in [6.07, 6.45) is 0.210. The number of likely N-dealkylation sites (N-methyl/N-ethyl adjacent to an activating group) is 1. The maximum absolute atomic E-state index is 12.8. The van der Waals surface area contributed by atoms with Crippen LogP contribution in [0, 0.1) is 0 Å². The van der Waals surface area contributed by atoms with Gasteiger partial charge in [-0.15, -0.1) is 11.8 Å². The first kappa shape index (κ1) is 16.8. The van der Waals surface area contributed by atoms with Gasteiger partial charge >= 0.3 is 0 Å². The van der Waals surface area contributed by atoms with Gasteiger partial charge in [-0.05, 0) is 12.5 Å². The first-order valence-electron chi connectivity index (χ1n) is 8.03. The maximum Gasteiger partial charge on any atom is 0.273 e. The van der Waals surface area contributed by atoms with Gasteiger partial charge in [-0.2, -0.15) is 0 Å². The van der Waals surface area contributed by atoms with Crippen LogP contribution in [0.25, 0.3) is 0 Å². The fourth-order valence-electron chi connectivity index (χ4n) is 2.77. The molecular formula is C17H21N3O3S. The van der Waals surface area contributed by atoms with E-state index in [0.29, 0.717) is 30.3 Å². The molecule has 6 nitrogen and oxygen atoms in total. The molecule has 2 atom stereocenters. The molecule has 0 aromatic heterocycles. The Labute approximate surface area is 145 Å². The Bertz CT molecular complexity index is 650. The standard InChI is InChI=1S/C17H21N3O3S/c1-3-19(2)17(22)14-10-24-11-20(14)16(21)13-9-15(23-18-13)12-7-5-4-6-8-12/h4-8,14-15H,3,9-11H2,1-2H3/t14-,15-/m1/s1. The van der Waals surface area contributed by atoms with Crippen molar-refractivity contribution in [3.8, 4) is 0 Å². The van der Waals surface area contributed by atoms with Crippen molar-refractivity contribution < 1.29 is 14.4 Å². The Morgan fingerprint density at radius 3 is 2.83 bits per heavy atom. The van der Waals surface area contributed by atoms with Gasteiger partial charge < -0.3 is 14.6 Å². The van der Waals surface area contributed by atoms with E-state index in [0.717, 1.165) is 5.56 Å². The van der Waals surface area contributed by atoms with Crippen molar-refractivity contribution in [1.82, 2.24) is 9.80 Å². The van der Waals surface area contributed by atoms with Gasteiger partial charge in [0.25, 0.3) is 5.91 Å². The van der Waals surface area contributed by atoms with Crippen molar-refractivity contribution in [2.75, 3.05) is 25.2 Å². The molecule has 2 heterocycles. The lowest BCUT2D eigenvalue weighted by Gasteiger charge is -2.26. The third kappa shape index (κ3) is 3.26. The highest BCUT2D eigenvalue weighted by molar-refractivity contribution is 7.99. The zero-order valence-corrected chi connectivity index (χ0v) is 14.7. The third-order valence-corrected chi connectivity index (χ3v) is 5.38. The summed E-state index contributed by atoms with van der Waals surface area (Å²) in [6.45, 7) is 2.55. The van der Waals surface area contributed by atoms with Crippen LogP contribution in [0.1, 0.15) is 25.0 Å². The molecule has 3 rings (SSSR count). The van der Waals surface area contributed by atoms with Gasteiger partial charge in [0, 0.05) is 25.8 Å². The Morgan fingerprint density at radius 1 is 1.38 bits per heavy atom. The topological polar surface area (TPSA) is 62.2 Å². The molecule has 1 fully saturated rings. The molecule has 0 unspecified atom stereocenters. The van der Waals surface area contributed by atoms with E-state index in [9.17, 15) is 9.59 Å². The Hall–Kier alpha value is -2.02. The van der Waals surface area contributed by atoms with Gasteiger partial charge in [-0.3, -0.25) is 9.59 Å². The van der Waals surface area contributed by atoms with E-state index in [1.807, 2.05) is 37.3 Å². The van der Waals surface area contributed by atoms with E-state index >= 15 is 0 Å². The second-order valence-corrected chi connectivity index (χ2v) is 6.89. The highest BCUT2D eigenvalue weighted by Gasteiger charge is 2.39. The zero-order valence-electron chi connectivity index (χ0n) is 13.8. The smallest absolute Gasteiger partial charge is 0.273 e. The van der Waals surface area contributed by atoms with Gasteiger partial charge in [0.2, 0.25) is 5.91 Å². The molecule has 24 heavy (non-hydrogen) atoms. The Balaban J connectivity index is 1.67. The zero-order chi connectivity index (χ0) is 17.1. The second-order valence-electron chi connectivity index (χ2n) is 5.89. The molecule has 128 valence electrons. The number of thioether (sulfide) groups is 1. The first-order chi connectivity index (χ1) is 11.6. The van der Waals surface area contributed by atoms with Gasteiger partial charge in [0.1, 0.15) is 11.8 Å². The second kappa shape index (κ2) is 7.25. The summed E-state index contributed by atoms with van der Waals surface area (Å²) in [6, 6.07) is 9.32. The average Bonchev–Trinajstić information content (AvgIpc) is 3.30. The minimum Gasteiger partial charge on any atom is -0.387 e. The van der Waals surface area contributed by atoms with Gasteiger partial charge in [-0.25, -0.2) is 0 Å². The van der Waals surface area contributed by atoms with E-state index in [4.69, 9.17) is 4.84 Å². The predicted molar refractivity (Wildman–Crippen MR) is 93.6 cm³/mol. The summed E-state index contributed by atoms with van der Waals surface area (Å²) in [5.74, 6) is 0.934. The van der Waals surface area contributed by atoms with Gasteiger partial charge in [0.15, 0.2) is 6.10 Å². The largest absolute Gasteiger partial charge is 0.387 e. The van der Waals surface area contributed by atoms with Gasteiger partial charge in [-0.1, -0.05) is 35.5 Å². The summed E-state index contributed by atoms with van der Waals surface area (Å²) in [5.41, 5.74) is 1.39. The molecule has 1 aromatic carbocycles. The molecule has 1 aromatic rings. The Morgan fingerprint density at radius 2 is 2.12 bits per heavy atom. The van der Waals surface area contributed by atoms with Crippen molar-refractivity contribution >= 4 is 29.3 Å². The van der Waals surface area contributed by atoms with Crippen LogP contribution < -0.4 is 0 Å². The summed E-state index contributed by atoms with van der Waals surface area (Å²) in [7, 11) is 1.76. The minimum atomic E-state index is -0.411. The molecular weight excluding hydrogens is 326 g/mol. The number of hydrogen-bond donors (Lipinski definition) is 0. The average molecular weight is 347 g/mol. The molecule has 2 aliphatic rings. The number of amides is 2. The number of carbonyl (C=O) groups is 2. The SMILES string of the molecule is CCN(C)C(=O)[C@H]1CSCN1C(=O)C1=NO[C@@H](c2ccccc2)C1. The lowest BCUT2D eigenvalue weighted by atomic mass is 10.0. The van der Waals surface area contributed by atoms with Crippen molar-refractivity contribution in [3.05, 3.63) is 35.9 Å². The van der Waals surface area contributed by atoms with Crippen molar-refractivity contribution in [1.29, 1.82) is 0 Å². The lowest BCUT2D eigenvalue weighted by molar-refractivity contribution is -0.139. The number of benzene rings is 1. The van der Waals surface area contributed by atoms with E-state index in [2.05, 4.69) is 5.16 Å². The van der Waals surface area contributed by atoms with Gasteiger partial charge in [0.05, 0.1) is 5.88 Å². The Kier molecular flexibility index (Phi) is 5.08. The lowest BCUT2D eigenvalue weighted by Crippen LogP contribution is -2.49. The van der Waals surface area contributed by atoms with Crippen LogP contribution in [0.5, 0.6) is 0 Å². The van der Waals surface area contributed by atoms with Crippen LogP contribution in [-0.2, 0) is 14.4 Å². The molecule has 0 N–H and O–H groups in total. The number of rotatable bonds is 4. The summed E-state index contributed by atoms with van der Waals surface area (Å²) >= 11 is 1.59. The van der Waals surface area contributed by atoms with E-state index in [-0.39, 0.29) is 17.9 Å². The predicted octanol–water partition coefficient (Wildman–Crippen LogP) is 1.88. The first-order valence-corrected chi connectivity index (χ1v) is 9.18. The summed E-state index contributed by atoms with van der Waals surface area (Å²) < 4.78 is 0. The molecule has 7 heteroatoms. The normalized spacial score (nSPS) is 22.9. The number of carbonyl (C=O) groups excluding carboxylic acids is 2. The molecule has 2 aliphatic heterocycles. The van der Waals surface area contributed by atoms with Crippen LogP contribution in [0.4, 0.5) is 0 Å². The fraction of sp³-hybridized carbons (Fsp3) is 0.471. The van der Waals surface area contributed by atoms with E-state index in [1.165, 1.54) is 0 Å². The van der Waals surface area contributed by atoms with E-state index in [1.54, 1.807) is 28.6 Å². The van der Waals surface area contributed by atoms with Crippen molar-refractivity contribution in [2.24, 2.45) is 5.16 Å². The minimum absolute atomic E-state index is 0.0185.